The van der Waals surface area contributed by atoms with Crippen LogP contribution in [0, 0.1) is 0 Å². The molecule has 0 aliphatic carbocycles. The van der Waals surface area contributed by atoms with E-state index in [0.717, 1.165) is 11.9 Å². The summed E-state index contributed by atoms with van der Waals surface area (Å²) >= 11 is 2.01. The van der Waals surface area contributed by atoms with Gasteiger partial charge < -0.3 is 4.40 Å². The lowest BCUT2D eigenvalue weighted by atomic mass is 10.0. The monoisotopic (exact) mass is 246 g/mol. The molecule has 1 atom stereocenters. The number of pyridine rings is 1. The summed E-state index contributed by atoms with van der Waals surface area (Å²) in [6.45, 7) is 0. The summed E-state index contributed by atoms with van der Waals surface area (Å²) in [6, 6.07) is 3.66. The lowest BCUT2D eigenvalue weighted by molar-refractivity contribution is 0.112. The highest BCUT2D eigenvalue weighted by Gasteiger charge is 2.18. The van der Waals surface area contributed by atoms with Gasteiger partial charge in [0.05, 0.1) is 5.69 Å². The fraction of sp³-hybridized carbons (Fsp3) is 0.385. The van der Waals surface area contributed by atoms with Crippen molar-refractivity contribution in [3.8, 4) is 0 Å². The number of fused-ring (bicyclic) bond motifs is 1. The molecule has 3 rings (SSSR count). The topological polar surface area (TPSA) is 34.4 Å². The zero-order valence-electron chi connectivity index (χ0n) is 9.50. The van der Waals surface area contributed by atoms with Crippen molar-refractivity contribution in [1.29, 1.82) is 0 Å². The Hall–Kier alpha value is -1.29. The van der Waals surface area contributed by atoms with Crippen LogP contribution in [-0.2, 0) is 0 Å². The van der Waals surface area contributed by atoms with E-state index in [1.165, 1.54) is 30.0 Å². The number of aromatic nitrogens is 2. The van der Waals surface area contributed by atoms with Crippen molar-refractivity contribution >= 4 is 23.7 Å². The molecule has 1 aliphatic rings. The minimum Gasteiger partial charge on any atom is -0.307 e. The van der Waals surface area contributed by atoms with Crippen molar-refractivity contribution in [3.63, 3.8) is 0 Å². The maximum Gasteiger partial charge on any atom is 0.150 e. The number of aldehydes is 1. The summed E-state index contributed by atoms with van der Waals surface area (Å²) in [4.78, 5) is 15.4. The number of hydrogen-bond donors (Lipinski definition) is 0. The third-order valence-corrected chi connectivity index (χ3v) is 4.43. The molecule has 3 nitrogen and oxygen atoms in total. The summed E-state index contributed by atoms with van der Waals surface area (Å²) in [7, 11) is 0. The predicted octanol–water partition coefficient (Wildman–Crippen LogP) is 2.76. The zero-order valence-corrected chi connectivity index (χ0v) is 10.3. The van der Waals surface area contributed by atoms with E-state index in [1.807, 2.05) is 34.5 Å². The number of carbonyl (C=O) groups is 1. The van der Waals surface area contributed by atoms with Crippen molar-refractivity contribution in [1.82, 2.24) is 9.38 Å². The van der Waals surface area contributed by atoms with Gasteiger partial charge in [0.25, 0.3) is 0 Å². The molecule has 1 saturated heterocycles. The largest absolute Gasteiger partial charge is 0.307 e. The molecular weight excluding hydrogens is 232 g/mol. The summed E-state index contributed by atoms with van der Waals surface area (Å²) in [5.74, 6) is 3.03. The Morgan fingerprint density at radius 1 is 1.53 bits per heavy atom. The van der Waals surface area contributed by atoms with E-state index in [9.17, 15) is 4.79 Å². The number of hydrogen-bond acceptors (Lipinski definition) is 3. The molecule has 1 fully saturated rings. The van der Waals surface area contributed by atoms with Gasteiger partial charge in [-0.1, -0.05) is 0 Å². The second-order valence-electron chi connectivity index (χ2n) is 4.42. The molecule has 2 aromatic rings. The molecule has 17 heavy (non-hydrogen) atoms. The van der Waals surface area contributed by atoms with Crippen LogP contribution in [0.1, 0.15) is 34.8 Å². The molecule has 0 amide bonds. The second-order valence-corrected chi connectivity index (χ2v) is 5.57. The van der Waals surface area contributed by atoms with Crippen LogP contribution in [-0.4, -0.2) is 27.2 Å². The lowest BCUT2D eigenvalue weighted by Gasteiger charge is -2.18. The number of thioether (sulfide) groups is 1. The van der Waals surface area contributed by atoms with E-state index < -0.39 is 0 Å². The van der Waals surface area contributed by atoms with Crippen LogP contribution >= 0.6 is 11.8 Å². The molecule has 4 heteroatoms. The Labute approximate surface area is 104 Å². The fourth-order valence-corrected chi connectivity index (χ4v) is 3.42. The quantitative estimate of drug-likeness (QED) is 0.764. The summed E-state index contributed by atoms with van der Waals surface area (Å²) in [5, 5.41) is 0. The predicted molar refractivity (Wildman–Crippen MR) is 69.9 cm³/mol. The van der Waals surface area contributed by atoms with Gasteiger partial charge in [-0.15, -0.1) is 0 Å². The zero-order chi connectivity index (χ0) is 11.7. The Morgan fingerprint density at radius 3 is 3.24 bits per heavy atom. The highest BCUT2D eigenvalue weighted by atomic mass is 32.2. The Balaban J connectivity index is 1.97. The molecule has 1 aliphatic heterocycles. The van der Waals surface area contributed by atoms with Gasteiger partial charge in [0, 0.05) is 29.6 Å². The van der Waals surface area contributed by atoms with E-state index in [1.54, 1.807) is 0 Å². The lowest BCUT2D eigenvalue weighted by Crippen LogP contribution is -2.08. The van der Waals surface area contributed by atoms with Crippen molar-refractivity contribution in [3.05, 3.63) is 35.8 Å². The molecule has 0 spiro atoms. The van der Waals surface area contributed by atoms with Crippen molar-refractivity contribution in [2.45, 2.75) is 18.8 Å². The van der Waals surface area contributed by atoms with Gasteiger partial charge in [-0.05, 0) is 30.7 Å². The maximum absolute atomic E-state index is 10.7. The van der Waals surface area contributed by atoms with Gasteiger partial charge in [0.15, 0.2) is 0 Å². The summed E-state index contributed by atoms with van der Waals surface area (Å²) in [6.07, 6.45) is 7.39. The van der Waals surface area contributed by atoms with Gasteiger partial charge in [-0.2, -0.15) is 11.8 Å². The first-order chi connectivity index (χ1) is 8.36. The van der Waals surface area contributed by atoms with Crippen molar-refractivity contribution < 1.29 is 4.79 Å². The summed E-state index contributed by atoms with van der Waals surface area (Å²) in [5.41, 5.74) is 2.73. The van der Waals surface area contributed by atoms with E-state index in [4.69, 9.17) is 0 Å². The first-order valence-corrected chi connectivity index (χ1v) is 7.04. The van der Waals surface area contributed by atoms with E-state index in [-0.39, 0.29) is 0 Å². The molecule has 2 aromatic heterocycles. The highest BCUT2D eigenvalue weighted by Crippen LogP contribution is 2.30. The fourth-order valence-electron chi connectivity index (χ4n) is 2.26. The van der Waals surface area contributed by atoms with E-state index >= 15 is 0 Å². The molecule has 0 N–H and O–H groups in total. The summed E-state index contributed by atoms with van der Waals surface area (Å²) < 4.78 is 2.00. The molecule has 0 bridgehead atoms. The van der Waals surface area contributed by atoms with Crippen LogP contribution in [0.2, 0.25) is 0 Å². The normalized spacial score (nSPS) is 20.6. The smallest absolute Gasteiger partial charge is 0.150 e. The van der Waals surface area contributed by atoms with Crippen LogP contribution in [0.15, 0.2) is 24.5 Å². The maximum atomic E-state index is 10.7. The Kier molecular flexibility index (Phi) is 2.89. The van der Waals surface area contributed by atoms with E-state index in [2.05, 4.69) is 11.2 Å². The van der Waals surface area contributed by atoms with Gasteiger partial charge >= 0.3 is 0 Å². The molecule has 0 radical (unpaired) electrons. The van der Waals surface area contributed by atoms with Gasteiger partial charge in [0.2, 0.25) is 0 Å². The molecule has 0 aromatic carbocycles. The van der Waals surface area contributed by atoms with Crippen LogP contribution in [0.25, 0.3) is 5.65 Å². The number of carbonyl (C=O) groups excluding carboxylic acids is 1. The van der Waals surface area contributed by atoms with E-state index in [0.29, 0.717) is 11.5 Å². The minimum atomic E-state index is 0.577. The van der Waals surface area contributed by atoms with Crippen LogP contribution in [0.5, 0.6) is 0 Å². The molecular formula is C13H14N2OS. The number of rotatable bonds is 2. The van der Waals surface area contributed by atoms with Crippen molar-refractivity contribution in [2.75, 3.05) is 11.5 Å². The molecule has 3 heterocycles. The number of nitrogens with zero attached hydrogens (tertiary/aromatic N) is 2. The van der Waals surface area contributed by atoms with Crippen LogP contribution < -0.4 is 0 Å². The molecule has 88 valence electrons. The van der Waals surface area contributed by atoms with Crippen LogP contribution in [0.4, 0.5) is 0 Å². The third kappa shape index (κ3) is 2.09. The SMILES string of the molecule is O=Cc1ccn2cc(C3CCCSC3)nc2c1. The van der Waals surface area contributed by atoms with Gasteiger partial charge in [-0.3, -0.25) is 4.79 Å². The van der Waals surface area contributed by atoms with Gasteiger partial charge in [0.1, 0.15) is 11.9 Å². The first-order valence-electron chi connectivity index (χ1n) is 5.88. The highest BCUT2D eigenvalue weighted by molar-refractivity contribution is 7.99. The first kappa shape index (κ1) is 10.8. The Morgan fingerprint density at radius 2 is 2.47 bits per heavy atom. The third-order valence-electron chi connectivity index (χ3n) is 3.22. The van der Waals surface area contributed by atoms with Gasteiger partial charge in [-0.25, -0.2) is 4.98 Å². The minimum absolute atomic E-state index is 0.577. The average molecular weight is 246 g/mol. The van der Waals surface area contributed by atoms with Crippen molar-refractivity contribution in [2.24, 2.45) is 0 Å². The standard InChI is InChI=1S/C13H14N2OS/c16-8-10-3-4-15-7-12(14-13(15)6-10)11-2-1-5-17-9-11/h3-4,6-8,11H,1-2,5,9H2. The Bertz CT molecular complexity index is 543. The second kappa shape index (κ2) is 4.53. The molecule has 0 saturated carbocycles. The average Bonchev–Trinajstić information content (AvgIpc) is 2.82. The van der Waals surface area contributed by atoms with Crippen LogP contribution in [0.3, 0.4) is 0 Å². The molecule has 1 unspecified atom stereocenters. The number of imidazole rings is 1.